The van der Waals surface area contributed by atoms with Crippen LogP contribution in [0.25, 0.3) is 0 Å². The lowest BCUT2D eigenvalue weighted by molar-refractivity contribution is 0.0266. The summed E-state index contributed by atoms with van der Waals surface area (Å²) in [7, 11) is 1.52. The van der Waals surface area contributed by atoms with Crippen molar-refractivity contribution in [3.63, 3.8) is 0 Å². The average Bonchev–Trinajstić information content (AvgIpc) is 2.78. The number of hydrogen-bond donors (Lipinski definition) is 2. The molecule has 1 heterocycles. The fraction of sp³-hybridized carbons (Fsp3) is 0.217. The number of carbonyl (C=O) groups is 1. The van der Waals surface area contributed by atoms with Gasteiger partial charge >= 0.3 is 5.97 Å². The summed E-state index contributed by atoms with van der Waals surface area (Å²) in [4.78, 5) is 15.4. The number of pyridine rings is 1. The van der Waals surface area contributed by atoms with Gasteiger partial charge in [0.1, 0.15) is 18.5 Å². The van der Waals surface area contributed by atoms with E-state index >= 15 is 0 Å². The number of nitrogens with zero attached hydrogens (tertiary/aromatic N) is 1. The first kappa shape index (κ1) is 21.3. The molecule has 0 fully saturated rings. The van der Waals surface area contributed by atoms with Gasteiger partial charge in [-0.25, -0.2) is 9.78 Å². The highest BCUT2D eigenvalue weighted by molar-refractivity contribution is 5.88. The predicted octanol–water partition coefficient (Wildman–Crippen LogP) is 3.62. The average molecular weight is 409 g/mol. The van der Waals surface area contributed by atoms with Crippen molar-refractivity contribution in [3.8, 4) is 11.6 Å². The quantitative estimate of drug-likeness (QED) is 0.528. The number of hydrogen-bond acceptors (Lipinski definition) is 6. The second-order valence-corrected chi connectivity index (χ2v) is 6.57. The number of methoxy groups -OCH3 is 1. The van der Waals surface area contributed by atoms with Crippen LogP contribution < -0.4 is 9.47 Å². The van der Waals surface area contributed by atoms with Gasteiger partial charge in [0.2, 0.25) is 5.88 Å². The van der Waals surface area contributed by atoms with E-state index in [0.29, 0.717) is 29.4 Å². The zero-order valence-corrected chi connectivity index (χ0v) is 16.5. The van der Waals surface area contributed by atoms with Crippen molar-refractivity contribution in [1.29, 1.82) is 0 Å². The molecule has 0 bridgehead atoms. The number of carboxylic acids is 1. The van der Waals surface area contributed by atoms with Gasteiger partial charge in [-0.2, -0.15) is 0 Å². The third-order valence-electron chi connectivity index (χ3n) is 4.44. The molecule has 30 heavy (non-hydrogen) atoms. The largest absolute Gasteiger partial charge is 0.489 e. The molecular formula is C23H23NO6. The molecule has 1 unspecified atom stereocenters. The number of aromatic carboxylic acids is 1. The highest BCUT2D eigenvalue weighted by Gasteiger charge is 2.13. The lowest BCUT2D eigenvalue weighted by Crippen LogP contribution is -2.09. The second kappa shape index (κ2) is 10.4. The van der Waals surface area contributed by atoms with Gasteiger partial charge in [-0.05, 0) is 23.8 Å². The zero-order chi connectivity index (χ0) is 21.3. The van der Waals surface area contributed by atoms with E-state index in [9.17, 15) is 15.0 Å². The van der Waals surface area contributed by atoms with Gasteiger partial charge in [-0.3, -0.25) is 0 Å². The summed E-state index contributed by atoms with van der Waals surface area (Å²) in [5.41, 5.74) is 2.40. The Hall–Kier alpha value is -3.42. The third-order valence-corrected chi connectivity index (χ3v) is 4.44. The van der Waals surface area contributed by atoms with Gasteiger partial charge in [0, 0.05) is 23.4 Å². The number of ether oxygens (including phenoxy) is 3. The Morgan fingerprint density at radius 3 is 2.53 bits per heavy atom. The van der Waals surface area contributed by atoms with E-state index < -0.39 is 12.1 Å². The molecule has 0 saturated carbocycles. The Labute approximate surface area is 174 Å². The van der Waals surface area contributed by atoms with Gasteiger partial charge in [-0.15, -0.1) is 0 Å². The third kappa shape index (κ3) is 5.79. The second-order valence-electron chi connectivity index (χ2n) is 6.57. The van der Waals surface area contributed by atoms with Crippen molar-refractivity contribution in [3.05, 3.63) is 89.1 Å². The molecule has 2 aromatic carbocycles. The summed E-state index contributed by atoms with van der Waals surface area (Å²) in [5.74, 6) is -0.139. The smallest absolute Gasteiger partial charge is 0.335 e. The number of aromatic nitrogens is 1. The Morgan fingerprint density at radius 2 is 1.87 bits per heavy atom. The fourth-order valence-corrected chi connectivity index (χ4v) is 2.76. The summed E-state index contributed by atoms with van der Waals surface area (Å²) in [5, 5.41) is 19.5. The van der Waals surface area contributed by atoms with Gasteiger partial charge in [0.25, 0.3) is 0 Å². The van der Waals surface area contributed by atoms with Crippen molar-refractivity contribution in [2.75, 3.05) is 13.7 Å². The van der Waals surface area contributed by atoms with E-state index in [1.54, 1.807) is 18.2 Å². The van der Waals surface area contributed by atoms with Gasteiger partial charge in [-0.1, -0.05) is 36.4 Å². The molecule has 0 aliphatic heterocycles. The Kier molecular flexibility index (Phi) is 7.37. The van der Waals surface area contributed by atoms with Crippen LogP contribution in [0.4, 0.5) is 0 Å². The van der Waals surface area contributed by atoms with Crippen LogP contribution in [0.1, 0.15) is 33.2 Å². The van der Waals surface area contributed by atoms with Crippen LogP contribution in [0.3, 0.4) is 0 Å². The lowest BCUT2D eigenvalue weighted by atomic mass is 10.1. The van der Waals surface area contributed by atoms with Crippen LogP contribution in [0.2, 0.25) is 0 Å². The van der Waals surface area contributed by atoms with Crippen molar-refractivity contribution >= 4 is 5.97 Å². The first-order chi connectivity index (χ1) is 14.6. The van der Waals surface area contributed by atoms with Crippen LogP contribution in [0, 0.1) is 0 Å². The molecule has 156 valence electrons. The normalized spacial score (nSPS) is 11.7. The Bertz CT molecular complexity index is 959. The minimum atomic E-state index is -1.03. The topological polar surface area (TPSA) is 98.1 Å². The molecule has 7 heteroatoms. The maximum atomic E-state index is 11.3. The summed E-state index contributed by atoms with van der Waals surface area (Å²) in [6, 6.07) is 17.6. The van der Waals surface area contributed by atoms with E-state index in [1.165, 1.54) is 25.4 Å². The standard InChI is InChI=1S/C23H23NO6/c1-28-22-10-9-18(12-24-22)20(25)15-29-14-19-8-7-17(23(26)27)11-21(19)30-13-16-5-3-2-4-6-16/h2-12,20,25H,13-15H2,1H3,(H,26,27). The van der Waals surface area contributed by atoms with Gasteiger partial charge < -0.3 is 24.4 Å². The maximum Gasteiger partial charge on any atom is 0.335 e. The fourth-order valence-electron chi connectivity index (χ4n) is 2.76. The Balaban J connectivity index is 1.64. The molecule has 7 nitrogen and oxygen atoms in total. The van der Waals surface area contributed by atoms with E-state index in [-0.39, 0.29) is 18.8 Å². The molecule has 0 aliphatic rings. The first-order valence-electron chi connectivity index (χ1n) is 9.35. The molecule has 0 amide bonds. The number of rotatable bonds is 10. The molecule has 0 saturated heterocycles. The lowest BCUT2D eigenvalue weighted by Gasteiger charge is -2.15. The summed E-state index contributed by atoms with van der Waals surface area (Å²) in [6.07, 6.45) is 0.679. The number of carboxylic acid groups (broad SMARTS) is 1. The van der Waals surface area contributed by atoms with Crippen molar-refractivity contribution < 1.29 is 29.2 Å². The monoisotopic (exact) mass is 409 g/mol. The van der Waals surface area contributed by atoms with E-state index in [4.69, 9.17) is 14.2 Å². The van der Waals surface area contributed by atoms with Gasteiger partial charge in [0.15, 0.2) is 0 Å². The minimum absolute atomic E-state index is 0.0484. The van der Waals surface area contributed by atoms with E-state index in [2.05, 4.69) is 4.98 Å². The van der Waals surface area contributed by atoms with E-state index in [1.807, 2.05) is 30.3 Å². The first-order valence-corrected chi connectivity index (χ1v) is 9.35. The Morgan fingerprint density at radius 1 is 1.07 bits per heavy atom. The number of benzene rings is 2. The van der Waals surface area contributed by atoms with Crippen LogP contribution >= 0.6 is 0 Å². The molecule has 3 rings (SSSR count). The van der Waals surface area contributed by atoms with Gasteiger partial charge in [0.05, 0.1) is 25.9 Å². The molecule has 0 radical (unpaired) electrons. The molecule has 2 N–H and O–H groups in total. The SMILES string of the molecule is COc1ccc(C(O)COCc2ccc(C(=O)O)cc2OCc2ccccc2)cn1. The molecule has 1 aromatic heterocycles. The summed E-state index contributed by atoms with van der Waals surface area (Å²) < 4.78 is 16.5. The predicted molar refractivity (Wildman–Crippen MR) is 110 cm³/mol. The van der Waals surface area contributed by atoms with Crippen molar-refractivity contribution in [1.82, 2.24) is 4.98 Å². The van der Waals surface area contributed by atoms with Crippen molar-refractivity contribution in [2.45, 2.75) is 19.3 Å². The zero-order valence-electron chi connectivity index (χ0n) is 16.5. The molecular weight excluding hydrogens is 386 g/mol. The van der Waals surface area contributed by atoms with Crippen LogP contribution in [-0.4, -0.2) is 34.9 Å². The summed E-state index contributed by atoms with van der Waals surface area (Å²) >= 11 is 0. The van der Waals surface area contributed by atoms with Crippen LogP contribution in [-0.2, 0) is 18.0 Å². The molecule has 1 atom stereocenters. The number of aliphatic hydroxyl groups is 1. The van der Waals surface area contributed by atoms with Crippen LogP contribution in [0.5, 0.6) is 11.6 Å². The molecule has 0 spiro atoms. The highest BCUT2D eigenvalue weighted by Crippen LogP contribution is 2.24. The maximum absolute atomic E-state index is 11.3. The molecule has 0 aliphatic carbocycles. The highest BCUT2D eigenvalue weighted by atomic mass is 16.5. The minimum Gasteiger partial charge on any atom is -0.489 e. The van der Waals surface area contributed by atoms with Crippen LogP contribution in [0.15, 0.2) is 66.9 Å². The number of aliphatic hydroxyl groups excluding tert-OH is 1. The van der Waals surface area contributed by atoms with E-state index in [0.717, 1.165) is 5.56 Å². The summed E-state index contributed by atoms with van der Waals surface area (Å²) in [6.45, 7) is 0.508. The molecule has 3 aromatic rings. The van der Waals surface area contributed by atoms with Crippen molar-refractivity contribution in [2.24, 2.45) is 0 Å².